The monoisotopic (exact) mass is 951 g/mol. The van der Waals surface area contributed by atoms with E-state index in [4.69, 9.17) is 51.6 Å². The number of fused-ring (bicyclic) bond motifs is 4. The van der Waals surface area contributed by atoms with Crippen LogP contribution in [0.2, 0.25) is 10.0 Å². The standard InChI is InChI=1S/C22H26ClN5O4.C22H24ClN5O4.B.Na.H/c2*1-4-15-17-18(32-22(2,3)31-17)21(30-15)28-20-13(10-25-28)19(26-16(11-29)27-20)24-9-12-7-5-6-8-14(12)23;;;/h5-8,10,15,17-18,21,29H,4,9,11H2,1-3H3,(H,24,26,27);5-8,10-11,15,17-18,21H,4,9H2,1-3H3,(H,24,26,27);;;/q;;;+1;-1/t2*15-,17-,18-,21-;;;/m11.../s1. The molecule has 4 aliphatic heterocycles. The largest absolute Gasteiger partial charge is 1.00 e. The van der Waals surface area contributed by atoms with Gasteiger partial charge in [0, 0.05) is 31.5 Å². The molecule has 0 spiro atoms. The summed E-state index contributed by atoms with van der Waals surface area (Å²) in [4.78, 5) is 29.3. The van der Waals surface area contributed by atoms with Crippen LogP contribution in [0.5, 0.6) is 0 Å². The van der Waals surface area contributed by atoms with Crippen molar-refractivity contribution < 1.29 is 69.3 Å². The quantitative estimate of drug-likeness (QED) is 0.118. The van der Waals surface area contributed by atoms with Crippen molar-refractivity contribution in [2.24, 2.45) is 0 Å². The second-order valence-corrected chi connectivity index (χ2v) is 17.6. The van der Waals surface area contributed by atoms with Gasteiger partial charge in [0.15, 0.2) is 53.3 Å². The van der Waals surface area contributed by atoms with E-state index in [1.54, 1.807) is 21.8 Å². The summed E-state index contributed by atoms with van der Waals surface area (Å²) in [6, 6.07) is 15.1. The van der Waals surface area contributed by atoms with Crippen LogP contribution in [-0.2, 0) is 48.1 Å². The molecule has 6 aromatic rings. The van der Waals surface area contributed by atoms with Crippen molar-refractivity contribution in [3.63, 3.8) is 0 Å². The SMILES string of the molecule is CC[C@H]1O[C@@H](n2ncc3c(NCc4ccccc4Cl)nc(C=O)nc32)[C@@H]2OC(C)(C)O[C@@H]21.CC[C@H]1O[C@@H](n2ncc3c(NCc4ccccc4Cl)nc(CO)nc32)[C@@H]2OC(C)(C)O[C@@H]21.[B].[H-].[Na+]. The average molecular weight is 953 g/mol. The summed E-state index contributed by atoms with van der Waals surface area (Å²) in [5, 5.41) is 28.1. The Kier molecular flexibility index (Phi) is 15.5. The number of aliphatic hydroxyl groups excluding tert-OH is 1. The summed E-state index contributed by atoms with van der Waals surface area (Å²) in [5.41, 5.74) is 2.88. The first-order valence-electron chi connectivity index (χ1n) is 21.3. The van der Waals surface area contributed by atoms with Crippen molar-refractivity contribution >= 4 is 71.6 Å². The molecule has 0 amide bonds. The van der Waals surface area contributed by atoms with E-state index in [-0.39, 0.29) is 94.3 Å². The predicted octanol–water partition coefficient (Wildman–Crippen LogP) is 3.88. The third-order valence-corrected chi connectivity index (χ3v) is 12.3. The number of nitrogens with zero attached hydrogens (tertiary/aromatic N) is 8. The Labute approximate surface area is 417 Å². The molecule has 22 heteroatoms. The predicted molar refractivity (Wildman–Crippen MR) is 242 cm³/mol. The molecule has 343 valence electrons. The second-order valence-electron chi connectivity index (χ2n) is 16.8. The third kappa shape index (κ3) is 9.86. The molecule has 0 unspecified atom stereocenters. The number of benzene rings is 2. The van der Waals surface area contributed by atoms with Crippen LogP contribution in [0.15, 0.2) is 60.9 Å². The van der Waals surface area contributed by atoms with Crippen LogP contribution < -0.4 is 40.2 Å². The van der Waals surface area contributed by atoms with Gasteiger partial charge in [-0.3, -0.25) is 4.79 Å². The molecule has 3 radical (unpaired) electrons. The topological polar surface area (TPSA) is 204 Å². The third-order valence-electron chi connectivity index (χ3n) is 11.6. The van der Waals surface area contributed by atoms with E-state index in [9.17, 15) is 9.90 Å². The molecular weight excluding hydrogens is 901 g/mol. The minimum Gasteiger partial charge on any atom is -1.00 e. The van der Waals surface area contributed by atoms with Gasteiger partial charge >= 0.3 is 29.6 Å². The summed E-state index contributed by atoms with van der Waals surface area (Å²) in [6.45, 7) is 12.3. The maximum Gasteiger partial charge on any atom is 1.00 e. The molecule has 4 aromatic heterocycles. The van der Waals surface area contributed by atoms with Crippen LogP contribution >= 0.6 is 23.2 Å². The number of nitrogens with one attached hydrogen (secondary N) is 2. The van der Waals surface area contributed by atoms with Crippen LogP contribution in [0.4, 0.5) is 11.6 Å². The second kappa shape index (κ2) is 20.4. The smallest absolute Gasteiger partial charge is 1.00 e. The Morgan fingerprint density at radius 1 is 0.697 bits per heavy atom. The number of rotatable bonds is 12. The minimum atomic E-state index is -0.710. The summed E-state index contributed by atoms with van der Waals surface area (Å²) < 4.78 is 40.4. The van der Waals surface area contributed by atoms with E-state index < -0.39 is 24.0 Å². The Bertz CT molecular complexity index is 2680. The molecule has 10 rings (SSSR count). The van der Waals surface area contributed by atoms with Gasteiger partial charge in [-0.1, -0.05) is 73.4 Å². The van der Waals surface area contributed by atoms with E-state index in [2.05, 4.69) is 47.7 Å². The summed E-state index contributed by atoms with van der Waals surface area (Å²) >= 11 is 12.6. The minimum absolute atomic E-state index is 0. The van der Waals surface area contributed by atoms with Gasteiger partial charge in [-0.2, -0.15) is 10.2 Å². The number of anilines is 2. The average Bonchev–Trinajstić information content (AvgIpc) is 4.13. The zero-order valence-corrected chi connectivity index (χ0v) is 41.2. The molecule has 18 nitrogen and oxygen atoms in total. The molecule has 8 atom stereocenters. The van der Waals surface area contributed by atoms with Gasteiger partial charge in [0.05, 0.1) is 35.4 Å². The van der Waals surface area contributed by atoms with Gasteiger partial charge in [-0.05, 0) is 63.8 Å². The number of aliphatic hydroxyl groups is 1. The molecule has 4 fully saturated rings. The maximum atomic E-state index is 11.6. The van der Waals surface area contributed by atoms with Gasteiger partial charge in [-0.15, -0.1) is 0 Å². The maximum absolute atomic E-state index is 11.6. The summed E-state index contributed by atoms with van der Waals surface area (Å²) in [7, 11) is 0. The van der Waals surface area contributed by atoms with Crippen molar-refractivity contribution in [1.82, 2.24) is 39.5 Å². The van der Waals surface area contributed by atoms with E-state index in [1.807, 2.05) is 83.1 Å². The number of aldehydes is 1. The molecule has 8 heterocycles. The fourth-order valence-electron chi connectivity index (χ4n) is 8.69. The number of hydrogen-bond donors (Lipinski definition) is 3. The Morgan fingerprint density at radius 2 is 1.14 bits per heavy atom. The molecular formula is C44H51BCl2N10NaO8. The first-order valence-corrected chi connectivity index (χ1v) is 22.1. The molecule has 0 aliphatic carbocycles. The number of ether oxygens (including phenoxy) is 6. The molecule has 4 saturated heterocycles. The summed E-state index contributed by atoms with van der Waals surface area (Å²) in [5.74, 6) is -0.0127. The fourth-order valence-corrected chi connectivity index (χ4v) is 9.09. The van der Waals surface area contributed by atoms with E-state index >= 15 is 0 Å². The zero-order valence-electron chi connectivity index (χ0n) is 38.7. The number of aromatic nitrogens is 8. The number of hydrogen-bond acceptors (Lipinski definition) is 16. The van der Waals surface area contributed by atoms with Gasteiger partial charge in [0.1, 0.15) is 42.7 Å². The molecule has 66 heavy (non-hydrogen) atoms. The first kappa shape index (κ1) is 50.1. The zero-order chi connectivity index (χ0) is 44.9. The van der Waals surface area contributed by atoms with Crippen molar-refractivity contribution in [2.45, 2.75) is 135 Å². The molecule has 4 aliphatic rings. The van der Waals surface area contributed by atoms with Crippen LogP contribution in [0.25, 0.3) is 22.1 Å². The number of carbonyl (C=O) groups excluding carboxylic acids is 1. The molecule has 3 N–H and O–H groups in total. The molecule has 0 saturated carbocycles. The first-order chi connectivity index (χ1) is 30.8. The van der Waals surface area contributed by atoms with Crippen molar-refractivity contribution in [1.29, 1.82) is 0 Å². The molecule has 2 aromatic carbocycles. The van der Waals surface area contributed by atoms with Crippen LogP contribution in [0.3, 0.4) is 0 Å². The Balaban J connectivity index is 0.000000212. The number of halogens is 2. The van der Waals surface area contributed by atoms with Gasteiger partial charge in [0.2, 0.25) is 0 Å². The van der Waals surface area contributed by atoms with Crippen LogP contribution in [0.1, 0.15) is 95.8 Å². The van der Waals surface area contributed by atoms with Gasteiger partial charge in [-0.25, -0.2) is 29.3 Å². The van der Waals surface area contributed by atoms with Crippen LogP contribution in [-0.4, -0.2) is 108 Å². The van der Waals surface area contributed by atoms with Crippen molar-refractivity contribution in [2.75, 3.05) is 10.6 Å². The van der Waals surface area contributed by atoms with Gasteiger partial charge < -0.3 is 45.6 Å². The normalized spacial score (nSPS) is 25.7. The van der Waals surface area contributed by atoms with E-state index in [0.29, 0.717) is 63.1 Å². The fraction of sp³-hybridized carbons (Fsp3) is 0.477. The molecule has 0 bridgehead atoms. The van der Waals surface area contributed by atoms with E-state index in [1.165, 1.54) is 0 Å². The van der Waals surface area contributed by atoms with Crippen molar-refractivity contribution in [3.05, 3.63) is 93.7 Å². The summed E-state index contributed by atoms with van der Waals surface area (Å²) in [6.07, 6.45) is 3.23. The van der Waals surface area contributed by atoms with E-state index in [0.717, 1.165) is 24.0 Å². The van der Waals surface area contributed by atoms with Crippen molar-refractivity contribution in [3.8, 4) is 0 Å². The van der Waals surface area contributed by atoms with Gasteiger partial charge in [0.25, 0.3) is 0 Å². The Morgan fingerprint density at radius 3 is 1.58 bits per heavy atom. The number of carbonyl (C=O) groups is 1. The van der Waals surface area contributed by atoms with Crippen LogP contribution in [0, 0.1) is 0 Å². The Hall–Kier alpha value is -3.83.